The minimum atomic E-state index is -0.251. The molecule has 0 aliphatic carbocycles. The van der Waals surface area contributed by atoms with Crippen LogP contribution in [-0.4, -0.2) is 30.4 Å². The topological polar surface area (TPSA) is 58.4 Å². The second-order valence-electron chi connectivity index (χ2n) is 6.88. The molecule has 25 heavy (non-hydrogen) atoms. The lowest BCUT2D eigenvalue weighted by Crippen LogP contribution is -2.45. The van der Waals surface area contributed by atoms with E-state index in [-0.39, 0.29) is 5.91 Å². The molecule has 3 N–H and O–H groups in total. The highest BCUT2D eigenvalue weighted by Gasteiger charge is 2.29. The van der Waals surface area contributed by atoms with Crippen molar-refractivity contribution in [2.45, 2.75) is 25.4 Å². The average Bonchev–Trinajstić information content (AvgIpc) is 2.63. The molecule has 0 radical (unpaired) electrons. The van der Waals surface area contributed by atoms with Crippen molar-refractivity contribution < 1.29 is 4.79 Å². The van der Waals surface area contributed by atoms with Gasteiger partial charge in [-0.25, -0.2) is 0 Å². The van der Waals surface area contributed by atoms with Crippen molar-refractivity contribution in [1.29, 1.82) is 0 Å². The van der Waals surface area contributed by atoms with Gasteiger partial charge in [0, 0.05) is 19.1 Å². The lowest BCUT2D eigenvalue weighted by molar-refractivity contribution is -0.120. The molecule has 2 aromatic rings. The van der Waals surface area contributed by atoms with E-state index in [1.165, 1.54) is 11.1 Å². The fourth-order valence-electron chi connectivity index (χ4n) is 3.74. The molecule has 1 aliphatic heterocycles. The van der Waals surface area contributed by atoms with Gasteiger partial charge in [-0.05, 0) is 36.4 Å². The van der Waals surface area contributed by atoms with Gasteiger partial charge in [-0.2, -0.15) is 0 Å². The van der Waals surface area contributed by atoms with Crippen LogP contribution in [0.3, 0.4) is 0 Å². The van der Waals surface area contributed by atoms with Gasteiger partial charge < -0.3 is 11.1 Å². The molecule has 1 fully saturated rings. The summed E-state index contributed by atoms with van der Waals surface area (Å²) in [4.78, 5) is 13.8. The number of amides is 1. The van der Waals surface area contributed by atoms with Gasteiger partial charge in [0.1, 0.15) is 0 Å². The number of likely N-dealkylation sites (tertiary alicyclic amines) is 1. The second kappa shape index (κ2) is 8.79. The summed E-state index contributed by atoms with van der Waals surface area (Å²) in [6.07, 6.45) is 2.23. The zero-order valence-corrected chi connectivity index (χ0v) is 14.6. The predicted octanol–water partition coefficient (Wildman–Crippen LogP) is 2.71. The Morgan fingerprint density at radius 3 is 2.40 bits per heavy atom. The van der Waals surface area contributed by atoms with Crippen molar-refractivity contribution in [3.05, 3.63) is 71.8 Å². The van der Waals surface area contributed by atoms with Gasteiger partial charge in [-0.3, -0.25) is 9.69 Å². The van der Waals surface area contributed by atoms with E-state index in [0.717, 1.165) is 32.5 Å². The van der Waals surface area contributed by atoms with Crippen LogP contribution >= 0.6 is 0 Å². The Balaban J connectivity index is 1.56. The Morgan fingerprint density at radius 2 is 1.72 bits per heavy atom. The second-order valence-corrected chi connectivity index (χ2v) is 6.88. The van der Waals surface area contributed by atoms with Gasteiger partial charge in [0.25, 0.3) is 0 Å². The number of piperidine rings is 1. The molecule has 2 aromatic carbocycles. The molecule has 2 atom stereocenters. The molecule has 0 aromatic heterocycles. The summed E-state index contributed by atoms with van der Waals surface area (Å²) in [7, 11) is 0. The maximum Gasteiger partial charge on any atom is 0.231 e. The lowest BCUT2D eigenvalue weighted by Gasteiger charge is -2.39. The summed E-state index contributed by atoms with van der Waals surface area (Å²) in [6.45, 7) is 3.08. The minimum absolute atomic E-state index is 0.251. The molecule has 2 unspecified atom stereocenters. The highest BCUT2D eigenvalue weighted by Crippen LogP contribution is 2.32. The van der Waals surface area contributed by atoms with E-state index < -0.39 is 0 Å². The van der Waals surface area contributed by atoms with Crippen molar-refractivity contribution in [1.82, 2.24) is 10.2 Å². The summed E-state index contributed by atoms with van der Waals surface area (Å²) in [5.74, 6) is 0.293. The van der Waals surface area contributed by atoms with E-state index in [0.29, 0.717) is 18.5 Å². The Bertz CT molecular complexity index is 657. The molecular weight excluding hydrogens is 310 g/mol. The van der Waals surface area contributed by atoms with E-state index in [9.17, 15) is 4.79 Å². The number of nitrogens with two attached hydrogens (primary N) is 1. The molecule has 3 rings (SSSR count). The zero-order chi connectivity index (χ0) is 17.5. The largest absolute Gasteiger partial charge is 0.369 e. The van der Waals surface area contributed by atoms with Crippen LogP contribution < -0.4 is 11.1 Å². The number of nitrogens with zero attached hydrogens (tertiary/aromatic N) is 1. The van der Waals surface area contributed by atoms with Crippen LogP contribution in [0.5, 0.6) is 0 Å². The Labute approximate surface area is 150 Å². The number of rotatable bonds is 7. The molecule has 1 saturated heterocycles. The van der Waals surface area contributed by atoms with Crippen molar-refractivity contribution in [2.75, 3.05) is 19.6 Å². The number of carbonyl (C=O) groups excluding carboxylic acids is 1. The van der Waals surface area contributed by atoms with E-state index in [2.05, 4.69) is 58.7 Å². The SMILES string of the molecule is NC(=O)CN1CC(CNCc2ccccc2)CCC1c1ccccc1. The van der Waals surface area contributed by atoms with Crippen molar-refractivity contribution >= 4 is 5.91 Å². The first-order valence-corrected chi connectivity index (χ1v) is 9.04. The molecule has 4 nitrogen and oxygen atoms in total. The quantitative estimate of drug-likeness (QED) is 0.817. The van der Waals surface area contributed by atoms with Crippen LogP contribution in [0.1, 0.15) is 30.0 Å². The standard InChI is InChI=1S/C21H27N3O/c22-21(25)16-24-15-18(14-23-13-17-7-3-1-4-8-17)11-12-20(24)19-9-5-2-6-10-19/h1-10,18,20,23H,11-16H2,(H2,22,25). The first-order chi connectivity index (χ1) is 12.2. The van der Waals surface area contributed by atoms with Crippen LogP contribution in [0.25, 0.3) is 0 Å². The van der Waals surface area contributed by atoms with E-state index >= 15 is 0 Å². The summed E-state index contributed by atoms with van der Waals surface area (Å²) in [6, 6.07) is 21.2. The van der Waals surface area contributed by atoms with Crippen molar-refractivity contribution in [2.24, 2.45) is 11.7 Å². The molecule has 0 saturated carbocycles. The highest BCUT2D eigenvalue weighted by atomic mass is 16.1. The number of nitrogens with one attached hydrogen (secondary N) is 1. The van der Waals surface area contributed by atoms with Gasteiger partial charge in [0.2, 0.25) is 5.91 Å². The maximum absolute atomic E-state index is 11.5. The predicted molar refractivity (Wildman–Crippen MR) is 101 cm³/mol. The van der Waals surface area contributed by atoms with E-state index in [1.807, 2.05) is 12.1 Å². The van der Waals surface area contributed by atoms with Crippen LogP contribution in [0, 0.1) is 5.92 Å². The van der Waals surface area contributed by atoms with Crippen molar-refractivity contribution in [3.8, 4) is 0 Å². The third-order valence-electron chi connectivity index (χ3n) is 4.93. The highest BCUT2D eigenvalue weighted by molar-refractivity contribution is 5.76. The number of benzene rings is 2. The first kappa shape index (κ1) is 17.6. The van der Waals surface area contributed by atoms with E-state index in [4.69, 9.17) is 5.73 Å². The van der Waals surface area contributed by atoms with Crippen LogP contribution in [0.2, 0.25) is 0 Å². The zero-order valence-electron chi connectivity index (χ0n) is 14.6. The van der Waals surface area contributed by atoms with Gasteiger partial charge in [-0.1, -0.05) is 60.7 Å². The maximum atomic E-state index is 11.5. The molecule has 0 spiro atoms. The third kappa shape index (κ3) is 5.15. The minimum Gasteiger partial charge on any atom is -0.369 e. The molecular formula is C21H27N3O. The Morgan fingerprint density at radius 1 is 1.04 bits per heavy atom. The molecule has 1 amide bonds. The number of hydrogen-bond donors (Lipinski definition) is 2. The molecule has 4 heteroatoms. The fourth-order valence-corrected chi connectivity index (χ4v) is 3.74. The Hall–Kier alpha value is -2.17. The summed E-state index contributed by atoms with van der Waals surface area (Å²) in [5.41, 5.74) is 8.07. The lowest BCUT2D eigenvalue weighted by atomic mass is 9.88. The number of primary amides is 1. The third-order valence-corrected chi connectivity index (χ3v) is 4.93. The van der Waals surface area contributed by atoms with Gasteiger partial charge in [0.05, 0.1) is 6.54 Å². The van der Waals surface area contributed by atoms with Crippen molar-refractivity contribution in [3.63, 3.8) is 0 Å². The summed E-state index contributed by atoms with van der Waals surface area (Å²) < 4.78 is 0. The number of hydrogen-bond acceptors (Lipinski definition) is 3. The van der Waals surface area contributed by atoms with Crippen LogP contribution in [0.4, 0.5) is 0 Å². The van der Waals surface area contributed by atoms with Gasteiger partial charge in [0.15, 0.2) is 0 Å². The summed E-state index contributed by atoms with van der Waals surface area (Å²) >= 11 is 0. The average molecular weight is 337 g/mol. The normalized spacial score (nSPS) is 21.1. The molecule has 1 aliphatic rings. The molecule has 132 valence electrons. The summed E-state index contributed by atoms with van der Waals surface area (Å²) in [5, 5.41) is 3.56. The van der Waals surface area contributed by atoms with Gasteiger partial charge in [-0.15, -0.1) is 0 Å². The van der Waals surface area contributed by atoms with Crippen LogP contribution in [-0.2, 0) is 11.3 Å². The smallest absolute Gasteiger partial charge is 0.231 e. The molecule has 1 heterocycles. The van der Waals surface area contributed by atoms with E-state index in [1.54, 1.807) is 0 Å². The molecule has 0 bridgehead atoms. The first-order valence-electron chi connectivity index (χ1n) is 9.04. The monoisotopic (exact) mass is 337 g/mol. The Kier molecular flexibility index (Phi) is 6.20. The van der Waals surface area contributed by atoms with Gasteiger partial charge >= 0.3 is 0 Å². The number of carbonyl (C=O) groups is 1. The fraction of sp³-hybridized carbons (Fsp3) is 0.381. The van der Waals surface area contributed by atoms with Crippen LogP contribution in [0.15, 0.2) is 60.7 Å².